The third kappa shape index (κ3) is 5.52. The minimum Gasteiger partial charge on any atom is -0.492 e. The summed E-state index contributed by atoms with van der Waals surface area (Å²) in [6.07, 6.45) is 0. The summed E-state index contributed by atoms with van der Waals surface area (Å²) in [6, 6.07) is 12.8. The van der Waals surface area contributed by atoms with Crippen LogP contribution < -0.4 is 14.8 Å². The average Bonchev–Trinajstić information content (AvgIpc) is 2.52. The van der Waals surface area contributed by atoms with Crippen molar-refractivity contribution in [2.45, 2.75) is 11.8 Å². The van der Waals surface area contributed by atoms with Gasteiger partial charge in [-0.1, -0.05) is 17.7 Å². The molecule has 0 aliphatic carbocycles. The minimum atomic E-state index is -3.64. The van der Waals surface area contributed by atoms with Crippen LogP contribution in [0.25, 0.3) is 0 Å². The molecule has 24 heavy (non-hydrogen) atoms. The Morgan fingerprint density at radius 1 is 1.17 bits per heavy atom. The van der Waals surface area contributed by atoms with Crippen LogP contribution in [0.2, 0.25) is 5.02 Å². The number of carbonyl (C=O) groups is 1. The number of benzene rings is 2. The van der Waals surface area contributed by atoms with Crippen molar-refractivity contribution in [3.8, 4) is 5.75 Å². The number of hydrogen-bond acceptors (Lipinski definition) is 4. The third-order valence-electron chi connectivity index (χ3n) is 2.94. The highest BCUT2D eigenvalue weighted by Crippen LogP contribution is 2.17. The van der Waals surface area contributed by atoms with Crippen LogP contribution >= 0.6 is 11.6 Å². The number of carbonyl (C=O) groups excluding carboxylic acids is 1. The van der Waals surface area contributed by atoms with Crippen LogP contribution in [0.15, 0.2) is 53.4 Å². The molecule has 2 aromatic rings. The van der Waals surface area contributed by atoms with Crippen molar-refractivity contribution in [3.05, 3.63) is 53.6 Å². The third-order valence-corrected chi connectivity index (χ3v) is 4.66. The second-order valence-electron chi connectivity index (χ2n) is 4.91. The number of rotatable bonds is 7. The van der Waals surface area contributed by atoms with Gasteiger partial charge in [-0.25, -0.2) is 13.1 Å². The van der Waals surface area contributed by atoms with Crippen LogP contribution in [-0.2, 0) is 14.8 Å². The number of sulfonamides is 1. The fourth-order valence-electron chi connectivity index (χ4n) is 1.91. The zero-order valence-electron chi connectivity index (χ0n) is 13.0. The lowest BCUT2D eigenvalue weighted by Gasteiger charge is -2.09. The number of amides is 1. The number of hydrogen-bond donors (Lipinski definition) is 2. The van der Waals surface area contributed by atoms with E-state index in [4.69, 9.17) is 16.3 Å². The van der Waals surface area contributed by atoms with E-state index >= 15 is 0 Å². The first kappa shape index (κ1) is 18.3. The predicted molar refractivity (Wildman–Crippen MR) is 92.9 cm³/mol. The maximum atomic E-state index is 12.2. The molecule has 0 atom stereocenters. The van der Waals surface area contributed by atoms with E-state index in [-0.39, 0.29) is 24.0 Å². The van der Waals surface area contributed by atoms with Crippen molar-refractivity contribution < 1.29 is 17.9 Å². The van der Waals surface area contributed by atoms with Crippen LogP contribution in [0.3, 0.4) is 0 Å². The summed E-state index contributed by atoms with van der Waals surface area (Å²) in [4.78, 5) is 11.1. The Morgan fingerprint density at radius 2 is 1.88 bits per heavy atom. The van der Waals surface area contributed by atoms with Crippen molar-refractivity contribution in [1.82, 2.24) is 4.72 Å². The van der Waals surface area contributed by atoms with E-state index in [2.05, 4.69) is 10.0 Å². The van der Waals surface area contributed by atoms with Crippen molar-refractivity contribution >= 4 is 33.2 Å². The predicted octanol–water partition coefficient (Wildman–Crippen LogP) is 2.66. The number of nitrogens with one attached hydrogen (secondary N) is 2. The maximum absolute atomic E-state index is 12.2. The first-order chi connectivity index (χ1) is 11.4. The SMILES string of the molecule is CC(=O)Nc1ccc(S(=O)(=O)NCCOc2cccc(Cl)c2)cc1. The van der Waals surface area contributed by atoms with E-state index in [0.29, 0.717) is 16.5 Å². The first-order valence-electron chi connectivity index (χ1n) is 7.12. The van der Waals surface area contributed by atoms with Crippen molar-refractivity contribution in [2.75, 3.05) is 18.5 Å². The molecule has 0 aliphatic rings. The number of anilines is 1. The van der Waals surface area contributed by atoms with E-state index in [1.165, 1.54) is 31.2 Å². The lowest BCUT2D eigenvalue weighted by molar-refractivity contribution is -0.114. The molecule has 0 unspecified atom stereocenters. The summed E-state index contributed by atoms with van der Waals surface area (Å²) in [5.74, 6) is 0.350. The Labute approximate surface area is 145 Å². The zero-order valence-corrected chi connectivity index (χ0v) is 14.5. The van der Waals surface area contributed by atoms with Crippen molar-refractivity contribution in [2.24, 2.45) is 0 Å². The van der Waals surface area contributed by atoms with Gasteiger partial charge in [-0.15, -0.1) is 0 Å². The van der Waals surface area contributed by atoms with Crippen LogP contribution in [0.1, 0.15) is 6.92 Å². The van der Waals surface area contributed by atoms with Gasteiger partial charge < -0.3 is 10.1 Å². The normalized spacial score (nSPS) is 11.1. The summed E-state index contributed by atoms with van der Waals surface area (Å²) >= 11 is 5.84. The van der Waals surface area contributed by atoms with E-state index in [1.807, 2.05) is 0 Å². The number of halogens is 1. The summed E-state index contributed by atoms with van der Waals surface area (Å²) in [5, 5.41) is 3.12. The van der Waals surface area contributed by atoms with Gasteiger partial charge in [-0.3, -0.25) is 4.79 Å². The lowest BCUT2D eigenvalue weighted by Crippen LogP contribution is -2.28. The Morgan fingerprint density at radius 3 is 2.50 bits per heavy atom. The van der Waals surface area contributed by atoms with Crippen LogP contribution in [0.5, 0.6) is 5.75 Å². The van der Waals surface area contributed by atoms with Gasteiger partial charge in [-0.2, -0.15) is 0 Å². The summed E-state index contributed by atoms with van der Waals surface area (Å²) in [5.41, 5.74) is 0.533. The molecule has 6 nitrogen and oxygen atoms in total. The van der Waals surface area contributed by atoms with E-state index in [9.17, 15) is 13.2 Å². The molecule has 0 aliphatic heterocycles. The second kappa shape index (κ2) is 8.14. The molecule has 0 fully saturated rings. The molecule has 0 saturated heterocycles. The largest absolute Gasteiger partial charge is 0.492 e. The van der Waals surface area contributed by atoms with Gasteiger partial charge >= 0.3 is 0 Å². The lowest BCUT2D eigenvalue weighted by atomic mass is 10.3. The van der Waals surface area contributed by atoms with Gasteiger partial charge in [0.25, 0.3) is 0 Å². The van der Waals surface area contributed by atoms with E-state index in [1.54, 1.807) is 24.3 Å². The summed E-state index contributed by atoms with van der Waals surface area (Å²) < 4.78 is 32.2. The highest BCUT2D eigenvalue weighted by molar-refractivity contribution is 7.89. The molecule has 0 aromatic heterocycles. The smallest absolute Gasteiger partial charge is 0.240 e. The van der Waals surface area contributed by atoms with Crippen molar-refractivity contribution in [1.29, 1.82) is 0 Å². The average molecular weight is 369 g/mol. The molecule has 2 rings (SSSR count). The van der Waals surface area contributed by atoms with Gasteiger partial charge in [0.15, 0.2) is 0 Å². The fourth-order valence-corrected chi connectivity index (χ4v) is 3.10. The van der Waals surface area contributed by atoms with E-state index in [0.717, 1.165) is 0 Å². The number of ether oxygens (including phenoxy) is 1. The molecule has 128 valence electrons. The van der Waals surface area contributed by atoms with Gasteiger partial charge in [0.05, 0.1) is 4.90 Å². The standard InChI is InChI=1S/C16H17ClN2O4S/c1-12(20)19-14-5-7-16(8-6-14)24(21,22)18-9-10-23-15-4-2-3-13(17)11-15/h2-8,11,18H,9-10H2,1H3,(H,19,20). The van der Waals surface area contributed by atoms with Crippen LogP contribution in [0.4, 0.5) is 5.69 Å². The Balaban J connectivity index is 1.88. The van der Waals surface area contributed by atoms with Gasteiger partial charge in [0.2, 0.25) is 15.9 Å². The fraction of sp³-hybridized carbons (Fsp3) is 0.188. The molecule has 0 bridgehead atoms. The van der Waals surface area contributed by atoms with Gasteiger partial charge in [0.1, 0.15) is 12.4 Å². The quantitative estimate of drug-likeness (QED) is 0.736. The van der Waals surface area contributed by atoms with Gasteiger partial charge in [-0.05, 0) is 42.5 Å². The molecule has 0 heterocycles. The zero-order chi connectivity index (χ0) is 17.6. The first-order valence-corrected chi connectivity index (χ1v) is 8.98. The topological polar surface area (TPSA) is 84.5 Å². The molecule has 1 amide bonds. The molecule has 2 aromatic carbocycles. The molecular formula is C16H17ClN2O4S. The minimum absolute atomic E-state index is 0.111. The summed E-state index contributed by atoms with van der Waals surface area (Å²) in [6.45, 7) is 1.66. The molecule has 0 spiro atoms. The molecule has 8 heteroatoms. The molecular weight excluding hydrogens is 352 g/mol. The Hall–Kier alpha value is -2.09. The highest BCUT2D eigenvalue weighted by atomic mass is 35.5. The maximum Gasteiger partial charge on any atom is 0.240 e. The Kier molecular flexibility index (Phi) is 6.19. The van der Waals surface area contributed by atoms with E-state index < -0.39 is 10.0 Å². The monoisotopic (exact) mass is 368 g/mol. The molecule has 2 N–H and O–H groups in total. The van der Waals surface area contributed by atoms with Gasteiger partial charge in [0, 0.05) is 24.2 Å². The molecule has 0 saturated carbocycles. The van der Waals surface area contributed by atoms with Crippen LogP contribution in [-0.4, -0.2) is 27.5 Å². The highest BCUT2D eigenvalue weighted by Gasteiger charge is 2.13. The molecule has 0 radical (unpaired) electrons. The summed E-state index contributed by atoms with van der Waals surface area (Å²) in [7, 11) is -3.64. The Bertz CT molecular complexity index is 807. The van der Waals surface area contributed by atoms with Crippen molar-refractivity contribution in [3.63, 3.8) is 0 Å². The van der Waals surface area contributed by atoms with Crippen LogP contribution in [0, 0.1) is 0 Å². The second-order valence-corrected chi connectivity index (χ2v) is 7.11.